The van der Waals surface area contributed by atoms with Crippen LogP contribution in [0.5, 0.6) is 0 Å². The van der Waals surface area contributed by atoms with Crippen LogP contribution in [0.4, 0.5) is 0 Å². The van der Waals surface area contributed by atoms with Crippen LogP contribution in [-0.4, -0.2) is 55.4 Å². The van der Waals surface area contributed by atoms with E-state index in [0.717, 1.165) is 6.92 Å². The molecule has 0 aliphatic rings. The molecule has 26 heavy (non-hydrogen) atoms. The number of hydrogen-bond donors (Lipinski definition) is 6. The van der Waals surface area contributed by atoms with E-state index < -0.39 is 40.9 Å². The monoisotopic (exact) mass is 372 g/mol. The summed E-state index contributed by atoms with van der Waals surface area (Å²) in [6.07, 6.45) is 0. The molecule has 0 heterocycles. The second-order valence-corrected chi connectivity index (χ2v) is 5.37. The van der Waals surface area contributed by atoms with Gasteiger partial charge in [-0.1, -0.05) is 0 Å². The van der Waals surface area contributed by atoms with Crippen LogP contribution < -0.4 is 31.9 Å². The molecule has 0 saturated carbocycles. The van der Waals surface area contributed by atoms with Gasteiger partial charge in [0.2, 0.25) is 40.9 Å². The maximum Gasteiger partial charge on any atom is 0.246 e. The van der Waals surface area contributed by atoms with Crippen LogP contribution in [0.15, 0.2) is 0 Å². The Morgan fingerprint density at radius 1 is 0.538 bits per heavy atom. The molecule has 0 saturated heterocycles. The zero-order chi connectivity index (χ0) is 20.3. The zero-order valence-corrected chi connectivity index (χ0v) is 15.1. The molecule has 6 amide bonds. The summed E-state index contributed by atoms with van der Waals surface area (Å²) in [4.78, 5) is 69.6. The highest BCUT2D eigenvalue weighted by Gasteiger charge is 2.48. The number of amides is 6. The van der Waals surface area contributed by atoms with Gasteiger partial charge >= 0.3 is 0 Å². The van der Waals surface area contributed by atoms with Crippen LogP contribution in [0.25, 0.3) is 0 Å². The summed E-state index contributed by atoms with van der Waals surface area (Å²) in [5.74, 6) is -4.20. The lowest BCUT2D eigenvalue weighted by molar-refractivity contribution is -0.151. The van der Waals surface area contributed by atoms with E-state index in [1.54, 1.807) is 0 Å². The van der Waals surface area contributed by atoms with Gasteiger partial charge in [-0.25, -0.2) is 0 Å². The molecule has 12 nitrogen and oxygen atoms in total. The Labute approximate surface area is 150 Å². The van der Waals surface area contributed by atoms with Gasteiger partial charge in [0.1, 0.15) is 0 Å². The standard InChI is InChI=1S/C14H24N6O6/c1-8(21)15-5-18-11(24)14(4,12(25)19-6-16-9(2)22)13(26)20-7-17-10(3)23/h5-7H2,1-4H3,(H,15,21)(H,16,22)(H,17,23)(H,18,24)(H,19,25)(H,20,26). The lowest BCUT2D eigenvalue weighted by atomic mass is 9.87. The Morgan fingerprint density at radius 2 is 0.769 bits per heavy atom. The molecule has 0 aromatic rings. The second-order valence-electron chi connectivity index (χ2n) is 5.37. The molecule has 6 N–H and O–H groups in total. The van der Waals surface area contributed by atoms with E-state index in [9.17, 15) is 28.8 Å². The topological polar surface area (TPSA) is 175 Å². The van der Waals surface area contributed by atoms with E-state index in [1.165, 1.54) is 20.8 Å². The Morgan fingerprint density at radius 3 is 0.962 bits per heavy atom. The van der Waals surface area contributed by atoms with E-state index in [2.05, 4.69) is 31.9 Å². The lowest BCUT2D eigenvalue weighted by Crippen LogP contribution is -2.60. The van der Waals surface area contributed by atoms with Crippen molar-refractivity contribution < 1.29 is 28.8 Å². The van der Waals surface area contributed by atoms with Gasteiger partial charge in [0.25, 0.3) is 0 Å². The van der Waals surface area contributed by atoms with Crippen molar-refractivity contribution in [2.45, 2.75) is 27.7 Å². The third-order valence-electron chi connectivity index (χ3n) is 3.12. The summed E-state index contributed by atoms with van der Waals surface area (Å²) in [7, 11) is 0. The minimum absolute atomic E-state index is 0.290. The third-order valence-corrected chi connectivity index (χ3v) is 3.12. The number of rotatable bonds is 9. The van der Waals surface area contributed by atoms with Gasteiger partial charge in [0, 0.05) is 20.8 Å². The van der Waals surface area contributed by atoms with E-state index in [0.29, 0.717) is 0 Å². The van der Waals surface area contributed by atoms with Crippen molar-refractivity contribution in [3.05, 3.63) is 0 Å². The van der Waals surface area contributed by atoms with Gasteiger partial charge in [-0.2, -0.15) is 0 Å². The van der Waals surface area contributed by atoms with Crippen molar-refractivity contribution in [3.63, 3.8) is 0 Å². The van der Waals surface area contributed by atoms with Gasteiger partial charge in [-0.05, 0) is 6.92 Å². The Kier molecular flexibility index (Phi) is 9.34. The van der Waals surface area contributed by atoms with E-state index in [-0.39, 0.29) is 20.0 Å². The molecule has 0 rings (SSSR count). The molecule has 0 bridgehead atoms. The number of nitrogens with one attached hydrogen (secondary N) is 6. The SMILES string of the molecule is CC(=O)NCNC(=O)C(C)(C(=O)NCNC(C)=O)C(=O)NCNC(C)=O. The first kappa shape index (κ1) is 22.8. The highest BCUT2D eigenvalue weighted by atomic mass is 16.2. The first-order valence-corrected chi connectivity index (χ1v) is 7.60. The first-order valence-electron chi connectivity index (χ1n) is 7.60. The van der Waals surface area contributed by atoms with E-state index >= 15 is 0 Å². The fourth-order valence-electron chi connectivity index (χ4n) is 1.59. The van der Waals surface area contributed by atoms with Crippen molar-refractivity contribution in [2.24, 2.45) is 5.41 Å². The van der Waals surface area contributed by atoms with Gasteiger partial charge in [-0.3, -0.25) is 28.8 Å². The van der Waals surface area contributed by atoms with Crippen molar-refractivity contribution in [1.29, 1.82) is 0 Å². The first-order chi connectivity index (χ1) is 12.0. The van der Waals surface area contributed by atoms with E-state index in [1.807, 2.05) is 0 Å². The van der Waals surface area contributed by atoms with Gasteiger partial charge in [-0.15, -0.1) is 0 Å². The van der Waals surface area contributed by atoms with Crippen molar-refractivity contribution in [1.82, 2.24) is 31.9 Å². The highest BCUT2D eigenvalue weighted by Crippen LogP contribution is 2.17. The second kappa shape index (κ2) is 10.6. The summed E-state index contributed by atoms with van der Waals surface area (Å²) in [5, 5.41) is 13.6. The zero-order valence-electron chi connectivity index (χ0n) is 15.1. The smallest absolute Gasteiger partial charge is 0.246 e. The molecule has 0 aliphatic heterocycles. The maximum absolute atomic E-state index is 12.4. The molecule has 0 unspecified atom stereocenters. The van der Waals surface area contributed by atoms with Crippen LogP contribution in [-0.2, 0) is 28.8 Å². The van der Waals surface area contributed by atoms with Gasteiger partial charge < -0.3 is 31.9 Å². The summed E-state index contributed by atoms with van der Waals surface area (Å²) >= 11 is 0. The lowest BCUT2D eigenvalue weighted by Gasteiger charge is -2.26. The minimum atomic E-state index is -2.21. The van der Waals surface area contributed by atoms with Crippen LogP contribution in [0, 0.1) is 5.41 Å². The highest BCUT2D eigenvalue weighted by molar-refractivity contribution is 6.22. The van der Waals surface area contributed by atoms with Crippen molar-refractivity contribution in [2.75, 3.05) is 20.0 Å². The fourth-order valence-corrected chi connectivity index (χ4v) is 1.59. The molecular weight excluding hydrogens is 348 g/mol. The van der Waals surface area contributed by atoms with Gasteiger partial charge in [0.15, 0.2) is 0 Å². The van der Waals surface area contributed by atoms with Gasteiger partial charge in [0.05, 0.1) is 20.0 Å². The summed E-state index contributed by atoms with van der Waals surface area (Å²) in [5.41, 5.74) is -2.21. The molecule has 12 heteroatoms. The Balaban J connectivity index is 5.14. The average Bonchev–Trinajstić information content (AvgIpc) is 2.52. The Hall–Kier alpha value is -3.18. The molecular formula is C14H24N6O6. The largest absolute Gasteiger partial charge is 0.339 e. The van der Waals surface area contributed by atoms with Crippen molar-refractivity contribution >= 4 is 35.4 Å². The maximum atomic E-state index is 12.4. The number of carbonyl (C=O) groups is 6. The summed E-state index contributed by atoms with van der Waals surface area (Å²) in [6, 6.07) is 0. The van der Waals surface area contributed by atoms with E-state index in [4.69, 9.17) is 0 Å². The molecule has 0 aromatic heterocycles. The third kappa shape index (κ3) is 7.59. The molecule has 0 radical (unpaired) electrons. The number of carbonyl (C=O) groups excluding carboxylic acids is 6. The van der Waals surface area contributed by atoms with Crippen LogP contribution in [0.1, 0.15) is 27.7 Å². The molecule has 0 aliphatic carbocycles. The van der Waals surface area contributed by atoms with Crippen LogP contribution in [0.2, 0.25) is 0 Å². The van der Waals surface area contributed by atoms with Crippen LogP contribution >= 0.6 is 0 Å². The average molecular weight is 372 g/mol. The predicted molar refractivity (Wildman–Crippen MR) is 88.6 cm³/mol. The quantitative estimate of drug-likeness (QED) is 0.182. The summed E-state index contributed by atoms with van der Waals surface area (Å²) < 4.78 is 0. The molecule has 0 atom stereocenters. The van der Waals surface area contributed by atoms with Crippen LogP contribution in [0.3, 0.4) is 0 Å². The molecule has 0 aromatic carbocycles. The fraction of sp³-hybridized carbons (Fsp3) is 0.571. The molecule has 146 valence electrons. The molecule has 0 spiro atoms. The minimum Gasteiger partial charge on any atom is -0.339 e. The number of hydrogen-bond acceptors (Lipinski definition) is 6. The Bertz CT molecular complexity index is 512. The summed E-state index contributed by atoms with van der Waals surface area (Å²) in [6.45, 7) is 3.89. The van der Waals surface area contributed by atoms with Crippen molar-refractivity contribution in [3.8, 4) is 0 Å². The normalized spacial score (nSPS) is 10.2. The molecule has 0 fully saturated rings. The predicted octanol–water partition coefficient (Wildman–Crippen LogP) is -3.38.